The van der Waals surface area contributed by atoms with E-state index in [0.717, 1.165) is 12.1 Å². The third-order valence-electron chi connectivity index (χ3n) is 3.29. The SMILES string of the molecule is COC[C@@H]1C[C@H](OC)CN1C(=O)Cc1ccn[nH]1. The van der Waals surface area contributed by atoms with Crippen molar-refractivity contribution in [1.29, 1.82) is 0 Å². The van der Waals surface area contributed by atoms with Crippen LogP contribution >= 0.6 is 0 Å². The van der Waals surface area contributed by atoms with Gasteiger partial charge >= 0.3 is 0 Å². The number of likely N-dealkylation sites (tertiary alicyclic amines) is 1. The highest BCUT2D eigenvalue weighted by atomic mass is 16.5. The molecule has 1 aromatic rings. The van der Waals surface area contributed by atoms with Crippen LogP contribution in [0.15, 0.2) is 12.3 Å². The zero-order valence-corrected chi connectivity index (χ0v) is 10.8. The van der Waals surface area contributed by atoms with Crippen molar-refractivity contribution in [1.82, 2.24) is 15.1 Å². The van der Waals surface area contributed by atoms with Crippen molar-refractivity contribution in [3.63, 3.8) is 0 Å². The van der Waals surface area contributed by atoms with Gasteiger partial charge in [-0.15, -0.1) is 0 Å². The Morgan fingerprint density at radius 1 is 1.61 bits per heavy atom. The second kappa shape index (κ2) is 5.97. The molecule has 0 bridgehead atoms. The Balaban J connectivity index is 1.98. The molecule has 100 valence electrons. The van der Waals surface area contributed by atoms with Crippen molar-refractivity contribution < 1.29 is 14.3 Å². The van der Waals surface area contributed by atoms with Gasteiger partial charge in [0.05, 0.1) is 25.2 Å². The van der Waals surface area contributed by atoms with Crippen LogP contribution in [0.3, 0.4) is 0 Å². The minimum atomic E-state index is 0.0841. The van der Waals surface area contributed by atoms with E-state index in [4.69, 9.17) is 9.47 Å². The lowest BCUT2D eigenvalue weighted by molar-refractivity contribution is -0.132. The quantitative estimate of drug-likeness (QED) is 0.815. The number of hydrogen-bond donors (Lipinski definition) is 1. The number of nitrogens with one attached hydrogen (secondary N) is 1. The number of carbonyl (C=O) groups excluding carboxylic acids is 1. The van der Waals surface area contributed by atoms with Gasteiger partial charge in [-0.3, -0.25) is 9.89 Å². The summed E-state index contributed by atoms with van der Waals surface area (Å²) in [6.45, 7) is 1.19. The summed E-state index contributed by atoms with van der Waals surface area (Å²) < 4.78 is 10.5. The molecule has 1 aromatic heterocycles. The number of nitrogens with zero attached hydrogens (tertiary/aromatic N) is 2. The summed E-state index contributed by atoms with van der Waals surface area (Å²) in [5.41, 5.74) is 0.831. The highest BCUT2D eigenvalue weighted by Gasteiger charge is 2.35. The zero-order chi connectivity index (χ0) is 13.0. The molecule has 0 saturated carbocycles. The Morgan fingerprint density at radius 2 is 2.44 bits per heavy atom. The van der Waals surface area contributed by atoms with Gasteiger partial charge in [0.2, 0.25) is 5.91 Å². The number of methoxy groups -OCH3 is 2. The molecule has 1 aliphatic heterocycles. The molecule has 2 heterocycles. The molecule has 0 aliphatic carbocycles. The summed E-state index contributed by atoms with van der Waals surface area (Å²) in [7, 11) is 3.33. The van der Waals surface area contributed by atoms with Crippen molar-refractivity contribution >= 4 is 5.91 Å². The molecule has 0 aromatic carbocycles. The smallest absolute Gasteiger partial charge is 0.228 e. The lowest BCUT2D eigenvalue weighted by atomic mass is 10.2. The van der Waals surface area contributed by atoms with Crippen LogP contribution in [0.2, 0.25) is 0 Å². The second-order valence-corrected chi connectivity index (χ2v) is 4.51. The summed E-state index contributed by atoms with van der Waals surface area (Å²) in [6.07, 6.45) is 2.93. The summed E-state index contributed by atoms with van der Waals surface area (Å²) in [5, 5.41) is 6.65. The zero-order valence-electron chi connectivity index (χ0n) is 10.8. The summed E-state index contributed by atoms with van der Waals surface area (Å²) in [5.74, 6) is 0.0841. The lowest BCUT2D eigenvalue weighted by Crippen LogP contribution is -2.39. The van der Waals surface area contributed by atoms with Crippen LogP contribution in [-0.4, -0.2) is 60.5 Å². The fourth-order valence-corrected chi connectivity index (χ4v) is 2.35. The third kappa shape index (κ3) is 2.88. The van der Waals surface area contributed by atoms with Gasteiger partial charge in [-0.05, 0) is 12.5 Å². The van der Waals surface area contributed by atoms with E-state index < -0.39 is 0 Å². The maximum atomic E-state index is 12.2. The monoisotopic (exact) mass is 253 g/mol. The van der Waals surface area contributed by atoms with Gasteiger partial charge in [-0.1, -0.05) is 0 Å². The molecular weight excluding hydrogens is 234 g/mol. The first-order valence-electron chi connectivity index (χ1n) is 6.04. The minimum Gasteiger partial charge on any atom is -0.383 e. The number of rotatable bonds is 5. The molecule has 0 radical (unpaired) electrons. The predicted octanol–water partition coefficient (Wildman–Crippen LogP) is 0.214. The van der Waals surface area contributed by atoms with Gasteiger partial charge in [-0.25, -0.2) is 0 Å². The Labute approximate surface area is 106 Å². The van der Waals surface area contributed by atoms with Gasteiger partial charge in [0.25, 0.3) is 0 Å². The van der Waals surface area contributed by atoms with E-state index in [1.807, 2.05) is 11.0 Å². The van der Waals surface area contributed by atoms with Crippen LogP contribution in [-0.2, 0) is 20.7 Å². The Bertz CT molecular complexity index is 380. The molecule has 6 heteroatoms. The first-order chi connectivity index (χ1) is 8.74. The number of aromatic amines is 1. The molecule has 2 atom stereocenters. The Hall–Kier alpha value is -1.40. The van der Waals surface area contributed by atoms with E-state index in [9.17, 15) is 4.79 Å². The number of H-pyrrole nitrogens is 1. The van der Waals surface area contributed by atoms with Crippen molar-refractivity contribution in [2.45, 2.75) is 25.0 Å². The second-order valence-electron chi connectivity index (χ2n) is 4.51. The van der Waals surface area contributed by atoms with E-state index in [2.05, 4.69) is 10.2 Å². The average molecular weight is 253 g/mol. The Morgan fingerprint density at radius 3 is 3.06 bits per heavy atom. The van der Waals surface area contributed by atoms with E-state index in [0.29, 0.717) is 19.6 Å². The summed E-state index contributed by atoms with van der Waals surface area (Å²) in [4.78, 5) is 14.1. The number of carbonyl (C=O) groups is 1. The minimum absolute atomic E-state index is 0.0841. The summed E-state index contributed by atoms with van der Waals surface area (Å²) >= 11 is 0. The van der Waals surface area contributed by atoms with Gasteiger partial charge in [-0.2, -0.15) is 5.10 Å². The molecular formula is C12H19N3O3. The van der Waals surface area contributed by atoms with Crippen LogP contribution in [0.1, 0.15) is 12.1 Å². The normalized spacial score (nSPS) is 23.6. The van der Waals surface area contributed by atoms with Crippen molar-refractivity contribution in [2.24, 2.45) is 0 Å². The first kappa shape index (κ1) is 13.0. The standard InChI is InChI=1S/C12H19N3O3/c1-17-8-10-6-11(18-2)7-15(10)12(16)5-9-3-4-13-14-9/h3-4,10-11H,5-8H2,1-2H3,(H,13,14)/t10-,11-/m0/s1. The summed E-state index contributed by atoms with van der Waals surface area (Å²) in [6, 6.07) is 1.92. The van der Waals surface area contributed by atoms with Crippen LogP contribution < -0.4 is 0 Å². The number of hydrogen-bond acceptors (Lipinski definition) is 4. The molecule has 1 N–H and O–H groups in total. The van der Waals surface area contributed by atoms with Crippen molar-refractivity contribution in [2.75, 3.05) is 27.4 Å². The maximum absolute atomic E-state index is 12.2. The molecule has 1 aliphatic rings. The molecule has 0 spiro atoms. The van der Waals surface area contributed by atoms with Crippen LogP contribution in [0.4, 0.5) is 0 Å². The molecule has 1 fully saturated rings. The molecule has 1 amide bonds. The third-order valence-corrected chi connectivity index (χ3v) is 3.29. The number of aromatic nitrogens is 2. The van der Waals surface area contributed by atoms with Gasteiger partial charge in [0.15, 0.2) is 0 Å². The maximum Gasteiger partial charge on any atom is 0.228 e. The van der Waals surface area contributed by atoms with Gasteiger partial charge < -0.3 is 14.4 Å². The topological polar surface area (TPSA) is 67.5 Å². The fourth-order valence-electron chi connectivity index (χ4n) is 2.35. The van der Waals surface area contributed by atoms with E-state index in [-0.39, 0.29) is 18.1 Å². The van der Waals surface area contributed by atoms with Crippen LogP contribution in [0.25, 0.3) is 0 Å². The lowest BCUT2D eigenvalue weighted by Gasteiger charge is -2.23. The highest BCUT2D eigenvalue weighted by molar-refractivity contribution is 5.79. The van der Waals surface area contributed by atoms with Crippen LogP contribution in [0.5, 0.6) is 0 Å². The van der Waals surface area contributed by atoms with E-state index in [1.54, 1.807) is 20.4 Å². The van der Waals surface area contributed by atoms with Gasteiger partial charge in [0.1, 0.15) is 0 Å². The predicted molar refractivity (Wildman–Crippen MR) is 65.1 cm³/mol. The molecule has 2 rings (SSSR count). The van der Waals surface area contributed by atoms with E-state index in [1.165, 1.54) is 0 Å². The van der Waals surface area contributed by atoms with Crippen molar-refractivity contribution in [3.8, 4) is 0 Å². The molecule has 0 unspecified atom stereocenters. The number of amides is 1. The fraction of sp³-hybridized carbons (Fsp3) is 0.667. The average Bonchev–Trinajstić information content (AvgIpc) is 2.98. The highest BCUT2D eigenvalue weighted by Crippen LogP contribution is 2.21. The number of ether oxygens (including phenoxy) is 2. The molecule has 6 nitrogen and oxygen atoms in total. The Kier molecular flexibility index (Phi) is 4.33. The molecule has 1 saturated heterocycles. The van der Waals surface area contributed by atoms with Gasteiger partial charge in [0, 0.05) is 32.7 Å². The molecule has 18 heavy (non-hydrogen) atoms. The largest absolute Gasteiger partial charge is 0.383 e. The van der Waals surface area contributed by atoms with Crippen LogP contribution in [0, 0.1) is 0 Å². The first-order valence-corrected chi connectivity index (χ1v) is 6.04. The van der Waals surface area contributed by atoms with E-state index >= 15 is 0 Å². The van der Waals surface area contributed by atoms with Crippen molar-refractivity contribution in [3.05, 3.63) is 18.0 Å².